The first-order valence-electron chi connectivity index (χ1n) is 21.7. The Hall–Kier alpha value is -1.79. The SMILES string of the molecule is C/C=C\C(=C/N)CCNCCCOP1C[C@@H](C)NC(=O)C(C)C(O)[C@](C)(O)CC[C@@H]([C@H](O)C(C)C(=O)O)[C@H]1OC1CC(N(C)C)CC(C)O1.CC1CCOC(C)[C@@H]1O.CO. The third-order valence-electron chi connectivity index (χ3n) is 11.8. The van der Waals surface area contributed by atoms with E-state index in [2.05, 4.69) is 22.5 Å². The van der Waals surface area contributed by atoms with Gasteiger partial charge in [0, 0.05) is 44.3 Å². The number of aliphatic carboxylic acids is 1. The first-order valence-corrected chi connectivity index (χ1v) is 23.2. The van der Waals surface area contributed by atoms with Crippen molar-refractivity contribution in [2.75, 3.05) is 53.7 Å². The first kappa shape index (κ1) is 56.2. The maximum Gasteiger partial charge on any atom is 0.308 e. The van der Waals surface area contributed by atoms with Crippen LogP contribution in [0.3, 0.4) is 0 Å². The monoisotopic (exact) mass is 879 g/mol. The Morgan fingerprint density at radius 1 is 1.13 bits per heavy atom. The lowest BCUT2D eigenvalue weighted by molar-refractivity contribution is -0.222. The van der Waals surface area contributed by atoms with Crippen LogP contribution in [0.15, 0.2) is 23.9 Å². The highest BCUT2D eigenvalue weighted by molar-refractivity contribution is 7.53. The number of aliphatic hydroxyl groups excluding tert-OH is 4. The molecule has 0 aliphatic carbocycles. The van der Waals surface area contributed by atoms with Gasteiger partial charge in [0.1, 0.15) is 5.85 Å². The van der Waals surface area contributed by atoms with Gasteiger partial charge < -0.3 is 70.6 Å². The van der Waals surface area contributed by atoms with E-state index in [0.29, 0.717) is 38.1 Å². The Morgan fingerprint density at radius 2 is 1.80 bits per heavy atom. The number of nitrogens with two attached hydrogens (primary N) is 1. The van der Waals surface area contributed by atoms with Crippen LogP contribution < -0.4 is 16.4 Å². The van der Waals surface area contributed by atoms with E-state index >= 15 is 0 Å². The number of aliphatic hydroxyl groups is 5. The van der Waals surface area contributed by atoms with Gasteiger partial charge in [0.2, 0.25) is 5.91 Å². The fourth-order valence-corrected chi connectivity index (χ4v) is 10.2. The second-order valence-corrected chi connectivity index (χ2v) is 19.1. The molecule has 0 spiro atoms. The molecule has 0 radical (unpaired) electrons. The number of allylic oxidation sites excluding steroid dienone is 2. The molecule has 15 atom stereocenters. The summed E-state index contributed by atoms with van der Waals surface area (Å²) in [6.07, 6.45) is 6.09. The minimum absolute atomic E-state index is 0.0168. The van der Waals surface area contributed by atoms with Crippen LogP contribution in [0, 0.1) is 23.7 Å². The van der Waals surface area contributed by atoms with Gasteiger partial charge in [-0.3, -0.25) is 9.59 Å². The lowest BCUT2D eigenvalue weighted by atomic mass is 9.80. The summed E-state index contributed by atoms with van der Waals surface area (Å²) in [5.74, 6) is -4.80. The zero-order valence-corrected chi connectivity index (χ0v) is 39.2. The largest absolute Gasteiger partial charge is 0.481 e. The van der Waals surface area contributed by atoms with E-state index in [1.165, 1.54) is 13.8 Å². The smallest absolute Gasteiger partial charge is 0.308 e. The number of rotatable bonds is 15. The van der Waals surface area contributed by atoms with Crippen molar-refractivity contribution in [3.63, 3.8) is 0 Å². The Bertz CT molecular complexity index is 1270. The van der Waals surface area contributed by atoms with E-state index in [4.69, 9.17) is 29.6 Å². The van der Waals surface area contributed by atoms with Gasteiger partial charge in [0.25, 0.3) is 0 Å². The topological polar surface area (TPSA) is 246 Å². The number of carbonyl (C=O) groups excluding carboxylic acids is 1. The molecule has 3 aliphatic rings. The molecule has 0 bridgehead atoms. The second kappa shape index (κ2) is 28.8. The van der Waals surface area contributed by atoms with Gasteiger partial charge in [-0.1, -0.05) is 26.0 Å². The number of ether oxygens (including phenoxy) is 3. The lowest BCUT2D eigenvalue weighted by Gasteiger charge is -2.44. The van der Waals surface area contributed by atoms with Gasteiger partial charge in [-0.25, -0.2) is 0 Å². The zero-order chi connectivity index (χ0) is 45.7. The molecule has 0 saturated carbocycles. The Balaban J connectivity index is 0.00000142. The van der Waals surface area contributed by atoms with Crippen LogP contribution in [0.1, 0.15) is 100 Å². The molecular formula is C43H83N4O12P. The average molecular weight is 879 g/mol. The van der Waals surface area contributed by atoms with Crippen molar-refractivity contribution in [2.45, 2.75) is 161 Å². The van der Waals surface area contributed by atoms with Gasteiger partial charge in [-0.2, -0.15) is 0 Å². The van der Waals surface area contributed by atoms with E-state index in [1.807, 2.05) is 53.9 Å². The van der Waals surface area contributed by atoms with Crippen LogP contribution in [0.2, 0.25) is 0 Å². The molecule has 3 saturated heterocycles. The predicted molar refractivity (Wildman–Crippen MR) is 235 cm³/mol. The molecule has 17 heteroatoms. The Labute approximate surface area is 361 Å². The standard InChI is InChI=1S/C35H65N4O9P.C7H14O2.CH4O/c1-9-11-26(20-36)13-16-37-15-10-17-46-49-21-22(2)38-32(42)25(5)31(41)35(6,45)14-12-28(30(40)24(4)33(43)44)34(49)48-29-19-27(39(7)8)18-23(3)47-29;1-5-3-4-9-6(2)7(5)8;1-2/h9,11,20,22-25,27-31,34,37,40-41,45H,10,12-19,21,36H2,1-8H3,(H,38,42)(H,43,44);5-8H,3-4H2,1-2H3;2H,1H3/b11-9-,26-20+;;/t22-,23?,24?,25?,27?,28+,29?,30-,31?,34+,35-,49?;5?,6?,7-;/m11./s1. The summed E-state index contributed by atoms with van der Waals surface area (Å²) < 4.78 is 24.9. The number of nitrogens with zero attached hydrogens (tertiary/aromatic N) is 1. The Morgan fingerprint density at radius 3 is 2.37 bits per heavy atom. The fraction of sp³-hybridized carbons (Fsp3) is 0.860. The van der Waals surface area contributed by atoms with Crippen LogP contribution in [0.4, 0.5) is 0 Å². The number of hydrogen-bond donors (Lipinski definition) is 9. The zero-order valence-electron chi connectivity index (χ0n) is 38.3. The molecule has 10 N–H and O–H groups in total. The maximum atomic E-state index is 13.2. The highest BCUT2D eigenvalue weighted by Crippen LogP contribution is 2.51. The quantitative estimate of drug-likeness (QED) is 0.0652. The summed E-state index contributed by atoms with van der Waals surface area (Å²) in [5, 5.41) is 66.8. The lowest BCUT2D eigenvalue weighted by Crippen LogP contribution is -2.52. The van der Waals surface area contributed by atoms with Gasteiger partial charge in [0.05, 0.1) is 62.7 Å². The molecule has 3 heterocycles. The predicted octanol–water partition coefficient (Wildman–Crippen LogP) is 3.13. The first-order chi connectivity index (χ1) is 28.2. The van der Waals surface area contributed by atoms with Crippen molar-refractivity contribution < 1.29 is 59.0 Å². The van der Waals surface area contributed by atoms with E-state index in [-0.39, 0.29) is 37.2 Å². The normalized spacial score (nSPS) is 35.8. The highest BCUT2D eigenvalue weighted by atomic mass is 31.1. The van der Waals surface area contributed by atoms with Gasteiger partial charge >= 0.3 is 5.97 Å². The van der Waals surface area contributed by atoms with Crippen molar-refractivity contribution in [1.29, 1.82) is 0 Å². The fourth-order valence-electron chi connectivity index (χ4n) is 7.67. The molecule has 0 aromatic rings. The van der Waals surface area contributed by atoms with E-state index in [0.717, 1.165) is 45.1 Å². The summed E-state index contributed by atoms with van der Waals surface area (Å²) in [4.78, 5) is 27.5. The van der Waals surface area contributed by atoms with E-state index < -0.39 is 73.8 Å². The van der Waals surface area contributed by atoms with Crippen LogP contribution in [0.5, 0.6) is 0 Å². The number of carbonyl (C=O) groups is 2. The minimum atomic E-state index is -1.71. The molecule has 0 aromatic carbocycles. The van der Waals surface area contributed by atoms with E-state index in [9.17, 15) is 35.1 Å². The number of nitrogens with one attached hydrogen (secondary N) is 2. The molecule has 352 valence electrons. The van der Waals surface area contributed by atoms with Crippen molar-refractivity contribution in [1.82, 2.24) is 15.5 Å². The number of hydrogen-bond acceptors (Lipinski definition) is 14. The van der Waals surface area contributed by atoms with Gasteiger partial charge in [-0.05, 0) is 125 Å². The Kier molecular flexibility index (Phi) is 27.0. The summed E-state index contributed by atoms with van der Waals surface area (Å²) >= 11 is 0. The van der Waals surface area contributed by atoms with Gasteiger partial charge in [0.15, 0.2) is 6.29 Å². The van der Waals surface area contributed by atoms with Crippen molar-refractivity contribution in [3.8, 4) is 0 Å². The molecule has 3 fully saturated rings. The van der Waals surface area contributed by atoms with Crippen LogP contribution >= 0.6 is 8.15 Å². The summed E-state index contributed by atoms with van der Waals surface area (Å²) in [7, 11) is 3.45. The third kappa shape index (κ3) is 18.9. The van der Waals surface area contributed by atoms with Gasteiger partial charge in [-0.15, -0.1) is 0 Å². The van der Waals surface area contributed by atoms with Crippen LogP contribution in [0.25, 0.3) is 0 Å². The third-order valence-corrected chi connectivity index (χ3v) is 14.3. The van der Waals surface area contributed by atoms with Crippen LogP contribution in [-0.4, -0.2) is 161 Å². The number of carboxylic acid groups (broad SMARTS) is 1. The van der Waals surface area contributed by atoms with Crippen LogP contribution in [-0.2, 0) is 28.3 Å². The molecule has 60 heavy (non-hydrogen) atoms. The average Bonchev–Trinajstić information content (AvgIpc) is 3.20. The minimum Gasteiger partial charge on any atom is -0.481 e. The number of carboxylic acids is 1. The van der Waals surface area contributed by atoms with Crippen molar-refractivity contribution in [3.05, 3.63) is 23.9 Å². The summed E-state index contributed by atoms with van der Waals surface area (Å²) in [5.41, 5.74) is 5.04. The maximum absolute atomic E-state index is 13.2. The summed E-state index contributed by atoms with van der Waals surface area (Å²) in [6.45, 7) is 16.8. The molecule has 9 unspecified atom stereocenters. The molecular weight excluding hydrogens is 795 g/mol. The second-order valence-electron chi connectivity index (χ2n) is 17.2. The molecule has 1 amide bonds. The summed E-state index contributed by atoms with van der Waals surface area (Å²) in [6, 6.07) is -0.233. The highest BCUT2D eigenvalue weighted by Gasteiger charge is 2.46. The molecule has 3 rings (SSSR count). The molecule has 0 aromatic heterocycles. The molecule has 3 aliphatic heterocycles. The number of amides is 1. The van der Waals surface area contributed by atoms with Crippen molar-refractivity contribution in [2.24, 2.45) is 29.4 Å². The molecule has 16 nitrogen and oxygen atoms in total. The van der Waals surface area contributed by atoms with Crippen molar-refractivity contribution >= 4 is 20.0 Å². The van der Waals surface area contributed by atoms with E-state index in [1.54, 1.807) is 13.1 Å².